The summed E-state index contributed by atoms with van der Waals surface area (Å²) in [6.07, 6.45) is -4.22. The van der Waals surface area contributed by atoms with Crippen molar-refractivity contribution < 1.29 is 37.4 Å². The predicted molar refractivity (Wildman–Crippen MR) is 140 cm³/mol. The first kappa shape index (κ1) is 29.4. The Hall–Kier alpha value is -3.54. The van der Waals surface area contributed by atoms with Crippen LogP contribution in [0.1, 0.15) is 62.8 Å². The number of ether oxygens (including phenoxy) is 1. The first-order chi connectivity index (χ1) is 18.7. The molecule has 1 aromatic heterocycles. The van der Waals surface area contributed by atoms with E-state index in [0.29, 0.717) is 37.2 Å². The van der Waals surface area contributed by atoms with E-state index in [9.17, 15) is 32.7 Å². The zero-order chi connectivity index (χ0) is 29.2. The lowest BCUT2D eigenvalue weighted by molar-refractivity contribution is -0.137. The third-order valence-corrected chi connectivity index (χ3v) is 7.10. The summed E-state index contributed by atoms with van der Waals surface area (Å²) in [5.74, 6) is -0.798. The molecule has 1 aromatic carbocycles. The SMILES string of the molecule is CC(C)(C)OC(=O)N1CCC(c2cc(CCC(=O)N[C@@H]3C(=O)NC[C@H]3O)c(-c3ccc(C(F)(F)F)cc3)[nH]2)CC1. The van der Waals surface area contributed by atoms with Crippen LogP contribution in [0.25, 0.3) is 11.3 Å². The summed E-state index contributed by atoms with van der Waals surface area (Å²) in [7, 11) is 0. The average molecular weight is 565 g/mol. The number of benzene rings is 1. The van der Waals surface area contributed by atoms with E-state index in [-0.39, 0.29) is 31.4 Å². The van der Waals surface area contributed by atoms with Crippen LogP contribution in [0.2, 0.25) is 0 Å². The Morgan fingerprint density at radius 2 is 1.77 bits per heavy atom. The van der Waals surface area contributed by atoms with Crippen molar-refractivity contribution in [3.8, 4) is 11.3 Å². The summed E-state index contributed by atoms with van der Waals surface area (Å²) in [6.45, 7) is 6.49. The number of nitrogens with zero attached hydrogens (tertiary/aromatic N) is 1. The Kier molecular flexibility index (Phi) is 8.48. The summed E-state index contributed by atoms with van der Waals surface area (Å²) in [5.41, 5.74) is 1.43. The minimum atomic E-state index is -4.46. The van der Waals surface area contributed by atoms with Gasteiger partial charge in [-0.3, -0.25) is 9.59 Å². The molecule has 2 atom stereocenters. The minimum absolute atomic E-state index is 0.0124. The van der Waals surface area contributed by atoms with Crippen molar-refractivity contribution in [3.05, 3.63) is 47.2 Å². The number of halogens is 3. The molecule has 4 rings (SSSR count). The van der Waals surface area contributed by atoms with Gasteiger partial charge in [0, 0.05) is 43.4 Å². The zero-order valence-corrected chi connectivity index (χ0v) is 22.7. The first-order valence-corrected chi connectivity index (χ1v) is 13.3. The van der Waals surface area contributed by atoms with Gasteiger partial charge in [-0.2, -0.15) is 13.2 Å². The van der Waals surface area contributed by atoms with Crippen molar-refractivity contribution in [2.75, 3.05) is 19.6 Å². The molecule has 4 N–H and O–H groups in total. The van der Waals surface area contributed by atoms with Gasteiger partial charge in [0.05, 0.1) is 5.56 Å². The van der Waals surface area contributed by atoms with E-state index in [1.807, 2.05) is 26.8 Å². The van der Waals surface area contributed by atoms with Gasteiger partial charge >= 0.3 is 12.3 Å². The molecule has 0 aliphatic carbocycles. The van der Waals surface area contributed by atoms with Crippen molar-refractivity contribution in [3.63, 3.8) is 0 Å². The van der Waals surface area contributed by atoms with Gasteiger partial charge in [-0.05, 0) is 69.4 Å². The highest BCUT2D eigenvalue weighted by molar-refractivity contribution is 5.90. The van der Waals surface area contributed by atoms with Gasteiger partial charge in [0.15, 0.2) is 0 Å². The van der Waals surface area contributed by atoms with Gasteiger partial charge in [-0.15, -0.1) is 0 Å². The van der Waals surface area contributed by atoms with Crippen LogP contribution in [-0.4, -0.2) is 70.3 Å². The molecule has 3 amide bonds. The summed E-state index contributed by atoms with van der Waals surface area (Å²) >= 11 is 0. The molecule has 2 aliphatic heterocycles. The van der Waals surface area contributed by atoms with Crippen molar-refractivity contribution >= 4 is 17.9 Å². The lowest BCUT2D eigenvalue weighted by Gasteiger charge is -2.33. The molecule has 0 unspecified atom stereocenters. The molecule has 9 nitrogen and oxygen atoms in total. The number of aromatic amines is 1. The monoisotopic (exact) mass is 564 g/mol. The van der Waals surface area contributed by atoms with Gasteiger partial charge < -0.3 is 30.4 Å². The summed E-state index contributed by atoms with van der Waals surface area (Å²) in [6, 6.07) is 5.74. The molecular formula is C28H35F3N4O5. The van der Waals surface area contributed by atoms with Crippen LogP contribution in [0.4, 0.5) is 18.0 Å². The van der Waals surface area contributed by atoms with Crippen LogP contribution in [0.15, 0.2) is 30.3 Å². The molecule has 3 heterocycles. The summed E-state index contributed by atoms with van der Waals surface area (Å²) < 4.78 is 44.8. The van der Waals surface area contributed by atoms with Crippen LogP contribution in [0.3, 0.4) is 0 Å². The Morgan fingerprint density at radius 3 is 2.33 bits per heavy atom. The number of aliphatic hydroxyl groups is 1. The van der Waals surface area contributed by atoms with Gasteiger partial charge in [-0.25, -0.2) is 4.79 Å². The first-order valence-electron chi connectivity index (χ1n) is 13.3. The molecule has 2 saturated heterocycles. The number of aromatic nitrogens is 1. The minimum Gasteiger partial charge on any atom is -0.444 e. The third kappa shape index (κ3) is 7.15. The smallest absolute Gasteiger partial charge is 0.416 e. The molecule has 0 radical (unpaired) electrons. The topological polar surface area (TPSA) is 124 Å². The second-order valence-corrected chi connectivity index (χ2v) is 11.3. The summed E-state index contributed by atoms with van der Waals surface area (Å²) in [5, 5.41) is 14.9. The van der Waals surface area contributed by atoms with Crippen LogP contribution in [0.5, 0.6) is 0 Å². The Morgan fingerprint density at radius 1 is 1.12 bits per heavy atom. The number of rotatable bonds is 6. The number of hydrogen-bond acceptors (Lipinski definition) is 5. The maximum Gasteiger partial charge on any atom is 0.416 e. The average Bonchev–Trinajstić information content (AvgIpc) is 3.45. The number of alkyl halides is 3. The van der Waals surface area contributed by atoms with E-state index in [1.165, 1.54) is 12.1 Å². The van der Waals surface area contributed by atoms with E-state index >= 15 is 0 Å². The number of hydrogen-bond donors (Lipinski definition) is 4. The molecule has 2 fully saturated rings. The largest absolute Gasteiger partial charge is 0.444 e. The maximum atomic E-state index is 13.1. The zero-order valence-electron chi connectivity index (χ0n) is 22.7. The lowest BCUT2D eigenvalue weighted by Crippen LogP contribution is -2.45. The number of amides is 3. The van der Waals surface area contributed by atoms with Crippen molar-refractivity contribution in [2.45, 2.75) is 76.3 Å². The molecule has 2 aliphatic rings. The van der Waals surface area contributed by atoms with Gasteiger partial charge in [0.1, 0.15) is 17.7 Å². The van der Waals surface area contributed by atoms with Crippen LogP contribution >= 0.6 is 0 Å². The molecule has 0 saturated carbocycles. The standard InChI is InChI=1S/C28H35F3N4O5/c1-27(2,3)40-26(39)35-12-10-16(11-13-35)20-14-18(6-9-22(37)34-24-21(36)15-32-25(24)38)23(33-20)17-4-7-19(8-5-17)28(29,30)31/h4-5,7-8,14,16,21,24,33,36H,6,9-13,15H2,1-3H3,(H,32,38)(H,34,37)/t21-,24+/m1/s1. The molecular weight excluding hydrogens is 529 g/mol. The molecule has 40 heavy (non-hydrogen) atoms. The second kappa shape index (κ2) is 11.5. The maximum absolute atomic E-state index is 13.1. The van der Waals surface area contributed by atoms with Gasteiger partial charge in [-0.1, -0.05) is 12.1 Å². The van der Waals surface area contributed by atoms with Crippen molar-refractivity contribution in [1.82, 2.24) is 20.5 Å². The molecule has 2 aromatic rings. The number of likely N-dealkylation sites (tertiary alicyclic amines) is 1. The number of β-amino-alcohol motifs (C(OH)–C–C–N with tert-alkyl or cyclic N) is 1. The Labute approximate surface area is 230 Å². The fourth-order valence-corrected chi connectivity index (χ4v) is 4.98. The van der Waals surface area contributed by atoms with E-state index in [0.717, 1.165) is 23.4 Å². The van der Waals surface area contributed by atoms with Crippen LogP contribution < -0.4 is 10.6 Å². The number of aliphatic hydroxyl groups excluding tert-OH is 1. The highest BCUT2D eigenvalue weighted by Gasteiger charge is 2.35. The normalized spacial score (nSPS) is 20.4. The second-order valence-electron chi connectivity index (χ2n) is 11.3. The highest BCUT2D eigenvalue weighted by Crippen LogP contribution is 2.35. The van der Waals surface area contributed by atoms with Crippen LogP contribution in [0, 0.1) is 0 Å². The number of piperidine rings is 1. The number of carbonyl (C=O) groups is 3. The van der Waals surface area contributed by atoms with Gasteiger partial charge in [0.2, 0.25) is 11.8 Å². The summed E-state index contributed by atoms with van der Waals surface area (Å²) in [4.78, 5) is 41.9. The van der Waals surface area contributed by atoms with Crippen LogP contribution in [-0.2, 0) is 26.9 Å². The Balaban J connectivity index is 1.50. The quantitative estimate of drug-likeness (QED) is 0.426. The van der Waals surface area contributed by atoms with E-state index in [4.69, 9.17) is 4.74 Å². The number of carbonyl (C=O) groups excluding carboxylic acids is 3. The fourth-order valence-electron chi connectivity index (χ4n) is 4.98. The molecule has 0 bridgehead atoms. The third-order valence-electron chi connectivity index (χ3n) is 7.10. The number of nitrogens with one attached hydrogen (secondary N) is 3. The fraction of sp³-hybridized carbons (Fsp3) is 0.536. The molecule has 218 valence electrons. The number of aryl methyl sites for hydroxylation is 1. The van der Waals surface area contributed by atoms with E-state index < -0.39 is 41.3 Å². The van der Waals surface area contributed by atoms with Gasteiger partial charge in [0.25, 0.3) is 0 Å². The molecule has 12 heteroatoms. The van der Waals surface area contributed by atoms with Crippen molar-refractivity contribution in [1.29, 1.82) is 0 Å². The Bertz CT molecular complexity index is 1230. The number of H-pyrrole nitrogens is 1. The highest BCUT2D eigenvalue weighted by atomic mass is 19.4. The van der Waals surface area contributed by atoms with E-state index in [2.05, 4.69) is 15.6 Å². The predicted octanol–water partition coefficient (Wildman–Crippen LogP) is 3.72. The van der Waals surface area contributed by atoms with E-state index in [1.54, 1.807) is 4.90 Å². The van der Waals surface area contributed by atoms with Crippen molar-refractivity contribution in [2.24, 2.45) is 0 Å². The molecule has 0 spiro atoms. The lowest BCUT2D eigenvalue weighted by atomic mass is 9.93.